The predicted molar refractivity (Wildman–Crippen MR) is 76.3 cm³/mol. The molecule has 0 spiro atoms. The second-order valence-corrected chi connectivity index (χ2v) is 6.83. The molecule has 2 rings (SSSR count). The molecular weight excluding hydrogens is 282 g/mol. The molecule has 20 heavy (non-hydrogen) atoms. The molecule has 1 atom stereocenters. The van der Waals surface area contributed by atoms with Crippen molar-refractivity contribution in [2.24, 2.45) is 0 Å². The van der Waals surface area contributed by atoms with E-state index in [2.05, 4.69) is 10.0 Å². The summed E-state index contributed by atoms with van der Waals surface area (Å²) >= 11 is 0. The van der Waals surface area contributed by atoms with Crippen LogP contribution in [-0.2, 0) is 10.0 Å². The largest absolute Gasteiger partial charge is 0.315 e. The number of hydrogen-bond donors (Lipinski definition) is 2. The molecule has 0 aliphatic carbocycles. The molecule has 1 aliphatic heterocycles. The summed E-state index contributed by atoms with van der Waals surface area (Å²) in [7, 11) is -3.53. The fraction of sp³-hybridized carbons (Fsp3) is 0.500. The topological polar surface area (TPSA) is 101 Å². The molecule has 110 valence electrons. The van der Waals surface area contributed by atoms with Gasteiger partial charge >= 0.3 is 0 Å². The van der Waals surface area contributed by atoms with Crippen LogP contribution in [0, 0.1) is 17.0 Å². The SMILES string of the molecule is Cc1ccc(NS(=O)(=O)C2CCCNC2)cc1[N+](=O)[O-]. The number of anilines is 1. The molecule has 0 bridgehead atoms. The molecule has 1 aromatic rings. The van der Waals surface area contributed by atoms with Crippen molar-refractivity contribution in [2.45, 2.75) is 25.0 Å². The lowest BCUT2D eigenvalue weighted by Crippen LogP contribution is -2.41. The van der Waals surface area contributed by atoms with E-state index in [4.69, 9.17) is 0 Å². The molecule has 1 aromatic carbocycles. The number of nitrogens with zero attached hydrogens (tertiary/aromatic N) is 1. The molecule has 1 unspecified atom stereocenters. The number of rotatable bonds is 4. The summed E-state index contributed by atoms with van der Waals surface area (Å²) in [5.74, 6) is 0. The number of aryl methyl sites for hydroxylation is 1. The lowest BCUT2D eigenvalue weighted by Gasteiger charge is -2.23. The van der Waals surface area contributed by atoms with Crippen LogP contribution in [0.2, 0.25) is 0 Å². The van der Waals surface area contributed by atoms with E-state index in [1.54, 1.807) is 6.92 Å². The molecule has 1 aliphatic rings. The molecule has 7 nitrogen and oxygen atoms in total. The van der Waals surface area contributed by atoms with Gasteiger partial charge in [-0.3, -0.25) is 14.8 Å². The van der Waals surface area contributed by atoms with Gasteiger partial charge < -0.3 is 5.32 Å². The summed E-state index contributed by atoms with van der Waals surface area (Å²) < 4.78 is 26.8. The van der Waals surface area contributed by atoms with Crippen LogP contribution in [-0.4, -0.2) is 31.7 Å². The summed E-state index contributed by atoms with van der Waals surface area (Å²) in [5, 5.41) is 13.4. The fourth-order valence-electron chi connectivity index (χ4n) is 2.20. The molecule has 0 saturated carbocycles. The van der Waals surface area contributed by atoms with Gasteiger partial charge in [0.2, 0.25) is 10.0 Å². The van der Waals surface area contributed by atoms with E-state index >= 15 is 0 Å². The van der Waals surface area contributed by atoms with Gasteiger partial charge in [-0.1, -0.05) is 6.07 Å². The smallest absolute Gasteiger partial charge is 0.274 e. The maximum Gasteiger partial charge on any atom is 0.274 e. The lowest BCUT2D eigenvalue weighted by molar-refractivity contribution is -0.385. The van der Waals surface area contributed by atoms with Crippen LogP contribution in [0.4, 0.5) is 11.4 Å². The zero-order chi connectivity index (χ0) is 14.8. The number of hydrogen-bond acceptors (Lipinski definition) is 5. The molecule has 1 saturated heterocycles. The first-order valence-electron chi connectivity index (χ1n) is 6.37. The first-order chi connectivity index (χ1) is 9.40. The first-order valence-corrected chi connectivity index (χ1v) is 7.92. The van der Waals surface area contributed by atoms with E-state index in [1.165, 1.54) is 18.2 Å². The molecule has 0 radical (unpaired) electrons. The van der Waals surface area contributed by atoms with Crippen molar-refractivity contribution in [1.82, 2.24) is 5.32 Å². The molecule has 8 heteroatoms. The fourth-order valence-corrected chi connectivity index (χ4v) is 3.64. The Balaban J connectivity index is 2.20. The Morgan fingerprint density at radius 1 is 1.45 bits per heavy atom. The average molecular weight is 299 g/mol. The summed E-state index contributed by atoms with van der Waals surface area (Å²) in [6.07, 6.45) is 1.40. The maximum atomic E-state index is 12.2. The van der Waals surface area contributed by atoms with Crippen molar-refractivity contribution in [3.05, 3.63) is 33.9 Å². The number of nitrogens with one attached hydrogen (secondary N) is 2. The number of nitro benzene ring substituents is 1. The standard InChI is InChI=1S/C12H17N3O4S/c1-9-4-5-10(7-12(9)15(16)17)14-20(18,19)11-3-2-6-13-8-11/h4-5,7,11,13-14H,2-3,6,8H2,1H3. The molecule has 0 aromatic heterocycles. The molecule has 0 amide bonds. The second kappa shape index (κ2) is 5.76. The van der Waals surface area contributed by atoms with Gasteiger partial charge in [-0.05, 0) is 32.4 Å². The summed E-state index contributed by atoms with van der Waals surface area (Å²) in [5.41, 5.74) is 0.636. The van der Waals surface area contributed by atoms with Crippen molar-refractivity contribution in [3.8, 4) is 0 Å². The molecule has 1 fully saturated rings. The van der Waals surface area contributed by atoms with Crippen molar-refractivity contribution >= 4 is 21.4 Å². The van der Waals surface area contributed by atoms with Gasteiger partial charge in [0.25, 0.3) is 5.69 Å². The van der Waals surface area contributed by atoms with Gasteiger partial charge in [0.05, 0.1) is 15.9 Å². The van der Waals surface area contributed by atoms with Gasteiger partial charge in [-0.25, -0.2) is 8.42 Å². The Hall–Kier alpha value is -1.67. The maximum absolute atomic E-state index is 12.2. The molecule has 2 N–H and O–H groups in total. The van der Waals surface area contributed by atoms with E-state index in [0.29, 0.717) is 18.5 Å². The minimum absolute atomic E-state index is 0.0908. The van der Waals surface area contributed by atoms with Crippen LogP contribution < -0.4 is 10.0 Å². The highest BCUT2D eigenvalue weighted by atomic mass is 32.2. The van der Waals surface area contributed by atoms with Gasteiger partial charge in [0.1, 0.15) is 0 Å². The highest BCUT2D eigenvalue weighted by molar-refractivity contribution is 7.93. The van der Waals surface area contributed by atoms with Gasteiger partial charge in [0.15, 0.2) is 0 Å². The quantitative estimate of drug-likeness (QED) is 0.646. The number of nitro groups is 1. The first kappa shape index (κ1) is 14.7. The zero-order valence-electron chi connectivity index (χ0n) is 11.1. The van der Waals surface area contributed by atoms with E-state index in [9.17, 15) is 18.5 Å². The van der Waals surface area contributed by atoms with Gasteiger partial charge in [0, 0.05) is 18.2 Å². The third kappa shape index (κ3) is 3.26. The number of benzene rings is 1. The third-order valence-electron chi connectivity index (χ3n) is 3.36. The highest BCUT2D eigenvalue weighted by Gasteiger charge is 2.27. The number of sulfonamides is 1. The van der Waals surface area contributed by atoms with Crippen LogP contribution in [0.3, 0.4) is 0 Å². The Kier molecular flexibility index (Phi) is 4.24. The summed E-state index contributed by atoms with van der Waals surface area (Å²) in [6.45, 7) is 2.84. The van der Waals surface area contributed by atoms with Gasteiger partial charge in [-0.2, -0.15) is 0 Å². The van der Waals surface area contributed by atoms with Crippen LogP contribution >= 0.6 is 0 Å². The summed E-state index contributed by atoms with van der Waals surface area (Å²) in [6, 6.07) is 4.33. The Morgan fingerprint density at radius 2 is 2.20 bits per heavy atom. The van der Waals surface area contributed by atoms with Crippen molar-refractivity contribution in [2.75, 3.05) is 17.8 Å². The molecular formula is C12H17N3O4S. The van der Waals surface area contributed by atoms with E-state index in [1.807, 2.05) is 0 Å². The summed E-state index contributed by atoms with van der Waals surface area (Å²) in [4.78, 5) is 10.3. The highest BCUT2D eigenvalue weighted by Crippen LogP contribution is 2.24. The normalized spacial score (nSPS) is 19.6. The van der Waals surface area contributed by atoms with Crippen LogP contribution in [0.5, 0.6) is 0 Å². The zero-order valence-corrected chi connectivity index (χ0v) is 11.9. The van der Waals surface area contributed by atoms with E-state index in [-0.39, 0.29) is 11.4 Å². The Bertz CT molecular complexity index is 609. The van der Waals surface area contributed by atoms with Crippen LogP contribution in [0.15, 0.2) is 18.2 Å². The van der Waals surface area contributed by atoms with E-state index in [0.717, 1.165) is 13.0 Å². The average Bonchev–Trinajstić information content (AvgIpc) is 2.41. The van der Waals surface area contributed by atoms with Crippen LogP contribution in [0.1, 0.15) is 18.4 Å². The van der Waals surface area contributed by atoms with Crippen molar-refractivity contribution < 1.29 is 13.3 Å². The predicted octanol–water partition coefficient (Wildman–Crippen LogP) is 1.40. The Morgan fingerprint density at radius 3 is 2.80 bits per heavy atom. The van der Waals surface area contributed by atoms with Crippen molar-refractivity contribution in [3.63, 3.8) is 0 Å². The third-order valence-corrected chi connectivity index (χ3v) is 5.16. The lowest BCUT2D eigenvalue weighted by atomic mass is 10.2. The van der Waals surface area contributed by atoms with Crippen molar-refractivity contribution in [1.29, 1.82) is 0 Å². The minimum atomic E-state index is -3.53. The van der Waals surface area contributed by atoms with E-state index < -0.39 is 20.2 Å². The minimum Gasteiger partial charge on any atom is -0.315 e. The van der Waals surface area contributed by atoms with Crippen LogP contribution in [0.25, 0.3) is 0 Å². The number of piperidine rings is 1. The Labute approximate surface area is 117 Å². The monoisotopic (exact) mass is 299 g/mol. The van der Waals surface area contributed by atoms with Gasteiger partial charge in [-0.15, -0.1) is 0 Å². The second-order valence-electron chi connectivity index (χ2n) is 4.87. The molecule has 1 heterocycles.